The topological polar surface area (TPSA) is 117 Å². The van der Waals surface area contributed by atoms with Crippen molar-refractivity contribution < 1.29 is 28.5 Å². The molecule has 2 heterocycles. The summed E-state index contributed by atoms with van der Waals surface area (Å²) in [4.78, 5) is 24.2. The number of carboxylic acids is 1. The quantitative estimate of drug-likeness (QED) is 0.539. The molecule has 0 unspecified atom stereocenters. The van der Waals surface area contributed by atoms with E-state index in [-0.39, 0.29) is 12.1 Å². The van der Waals surface area contributed by atoms with Crippen molar-refractivity contribution in [2.75, 3.05) is 13.2 Å². The number of carbonyl (C=O) groups is 1. The molecule has 0 bridgehead atoms. The Morgan fingerprint density at radius 2 is 1.90 bits per heavy atom. The molecule has 0 spiro atoms. The van der Waals surface area contributed by atoms with Gasteiger partial charge in [-0.1, -0.05) is 6.92 Å². The molecular formula is C22H25N3O6. The molecule has 0 radical (unpaired) electrons. The molecule has 1 saturated carbocycles. The van der Waals surface area contributed by atoms with Crippen LogP contribution in [0.2, 0.25) is 0 Å². The van der Waals surface area contributed by atoms with Gasteiger partial charge in [-0.05, 0) is 62.8 Å². The Balaban J connectivity index is 1.69. The second-order valence-electron chi connectivity index (χ2n) is 7.62. The molecule has 2 aromatic heterocycles. The fraction of sp³-hybridized carbons (Fsp3) is 0.455. The second-order valence-corrected chi connectivity index (χ2v) is 7.62. The van der Waals surface area contributed by atoms with Crippen molar-refractivity contribution in [1.29, 1.82) is 0 Å². The summed E-state index contributed by atoms with van der Waals surface area (Å²) in [5.41, 5.74) is 3.01. The lowest BCUT2D eigenvalue weighted by Gasteiger charge is -2.24. The monoisotopic (exact) mass is 427 g/mol. The molecule has 1 aliphatic rings. The fourth-order valence-electron chi connectivity index (χ4n) is 3.33. The minimum absolute atomic E-state index is 0.127. The number of hydrogen-bond acceptors (Lipinski definition) is 8. The molecule has 1 fully saturated rings. The Bertz CT molecular complexity index is 1080. The smallest absolute Gasteiger partial charge is 0.341 e. The van der Waals surface area contributed by atoms with E-state index in [1.807, 2.05) is 32.9 Å². The molecule has 9 heteroatoms. The van der Waals surface area contributed by atoms with Crippen molar-refractivity contribution in [2.45, 2.75) is 52.6 Å². The standard InChI is InChI=1S/C22H25N3O6/c1-4-8-28-20-17-21(25-22(24-20)30-15-6-5-7-15)31-19(23-17)14-9-12(2)18(13(3)10-14)29-11-16(26)27/h9-10,15H,4-8,11H2,1-3H3,(H,26,27). The zero-order valence-corrected chi connectivity index (χ0v) is 17.8. The molecular weight excluding hydrogens is 402 g/mol. The zero-order valence-electron chi connectivity index (χ0n) is 17.8. The van der Waals surface area contributed by atoms with Crippen LogP contribution in [-0.2, 0) is 4.79 Å². The number of carboxylic acid groups (broad SMARTS) is 1. The lowest BCUT2D eigenvalue weighted by molar-refractivity contribution is -0.139. The van der Waals surface area contributed by atoms with Crippen LogP contribution in [0.25, 0.3) is 22.7 Å². The van der Waals surface area contributed by atoms with Gasteiger partial charge in [0, 0.05) is 5.56 Å². The Morgan fingerprint density at radius 1 is 1.16 bits per heavy atom. The number of rotatable bonds is 9. The Hall–Kier alpha value is -3.36. The van der Waals surface area contributed by atoms with Crippen LogP contribution >= 0.6 is 0 Å². The van der Waals surface area contributed by atoms with Gasteiger partial charge in [-0.3, -0.25) is 0 Å². The van der Waals surface area contributed by atoms with E-state index in [4.69, 9.17) is 23.7 Å². The highest BCUT2D eigenvalue weighted by atomic mass is 16.5. The normalized spacial score (nSPS) is 13.8. The summed E-state index contributed by atoms with van der Waals surface area (Å²) in [6.45, 7) is 5.79. The highest BCUT2D eigenvalue weighted by Gasteiger charge is 2.24. The second kappa shape index (κ2) is 8.79. The first-order chi connectivity index (χ1) is 14.9. The van der Waals surface area contributed by atoms with Crippen molar-refractivity contribution in [3.63, 3.8) is 0 Å². The van der Waals surface area contributed by atoms with Crippen LogP contribution in [0.3, 0.4) is 0 Å². The third-order valence-corrected chi connectivity index (χ3v) is 5.02. The van der Waals surface area contributed by atoms with Gasteiger partial charge in [0.2, 0.25) is 5.89 Å². The van der Waals surface area contributed by atoms with Crippen LogP contribution in [0.5, 0.6) is 17.6 Å². The van der Waals surface area contributed by atoms with Crippen LogP contribution in [0.15, 0.2) is 16.5 Å². The number of aliphatic carboxylic acids is 1. The van der Waals surface area contributed by atoms with E-state index in [1.165, 1.54) is 0 Å². The molecule has 0 saturated heterocycles. The van der Waals surface area contributed by atoms with Gasteiger partial charge >= 0.3 is 12.0 Å². The summed E-state index contributed by atoms with van der Waals surface area (Å²) < 4.78 is 23.0. The average molecular weight is 427 g/mol. The van der Waals surface area contributed by atoms with E-state index in [9.17, 15) is 4.79 Å². The minimum atomic E-state index is -1.03. The van der Waals surface area contributed by atoms with E-state index >= 15 is 0 Å². The van der Waals surface area contributed by atoms with Crippen LogP contribution in [0.4, 0.5) is 0 Å². The summed E-state index contributed by atoms with van der Waals surface area (Å²) in [6, 6.07) is 3.90. The number of benzene rings is 1. The maximum Gasteiger partial charge on any atom is 0.341 e. The molecule has 31 heavy (non-hydrogen) atoms. The summed E-state index contributed by atoms with van der Waals surface area (Å²) >= 11 is 0. The summed E-state index contributed by atoms with van der Waals surface area (Å²) in [5.74, 6) is 0.207. The first-order valence-electron chi connectivity index (χ1n) is 10.4. The number of nitrogens with zero attached hydrogens (tertiary/aromatic N) is 3. The number of ether oxygens (including phenoxy) is 3. The maximum atomic E-state index is 10.8. The molecule has 0 amide bonds. The number of fused-ring (bicyclic) bond motifs is 1. The van der Waals surface area contributed by atoms with Crippen molar-refractivity contribution in [3.05, 3.63) is 23.3 Å². The van der Waals surface area contributed by atoms with Crippen molar-refractivity contribution in [2.24, 2.45) is 0 Å². The van der Waals surface area contributed by atoms with Crippen molar-refractivity contribution >= 4 is 17.2 Å². The molecule has 9 nitrogen and oxygen atoms in total. The van der Waals surface area contributed by atoms with Gasteiger partial charge in [0.25, 0.3) is 11.6 Å². The van der Waals surface area contributed by atoms with E-state index in [0.29, 0.717) is 35.4 Å². The molecule has 3 aromatic rings. The van der Waals surface area contributed by atoms with E-state index in [0.717, 1.165) is 42.4 Å². The Labute approximate surface area is 179 Å². The third-order valence-electron chi connectivity index (χ3n) is 5.02. The van der Waals surface area contributed by atoms with E-state index in [2.05, 4.69) is 15.0 Å². The first kappa shape index (κ1) is 20.9. The van der Waals surface area contributed by atoms with Crippen LogP contribution in [-0.4, -0.2) is 45.3 Å². The molecule has 0 atom stereocenters. The minimum Gasteiger partial charge on any atom is -0.481 e. The Kier molecular flexibility index (Phi) is 5.92. The van der Waals surface area contributed by atoms with Gasteiger partial charge in [0.05, 0.1) is 6.61 Å². The highest BCUT2D eigenvalue weighted by molar-refractivity contribution is 5.78. The van der Waals surface area contributed by atoms with E-state index in [1.54, 1.807) is 0 Å². The van der Waals surface area contributed by atoms with Crippen molar-refractivity contribution in [1.82, 2.24) is 15.0 Å². The average Bonchev–Trinajstić information content (AvgIpc) is 3.12. The fourth-order valence-corrected chi connectivity index (χ4v) is 3.33. The third kappa shape index (κ3) is 4.55. The van der Waals surface area contributed by atoms with Crippen LogP contribution in [0, 0.1) is 13.8 Å². The maximum absolute atomic E-state index is 10.8. The van der Waals surface area contributed by atoms with E-state index < -0.39 is 12.6 Å². The van der Waals surface area contributed by atoms with Gasteiger partial charge in [0.1, 0.15) is 11.9 Å². The van der Waals surface area contributed by atoms with Gasteiger partial charge in [-0.25, -0.2) is 9.78 Å². The summed E-state index contributed by atoms with van der Waals surface area (Å²) in [5, 5.41) is 8.87. The molecule has 1 aliphatic carbocycles. The summed E-state index contributed by atoms with van der Waals surface area (Å²) in [7, 11) is 0. The van der Waals surface area contributed by atoms with Gasteiger partial charge < -0.3 is 23.7 Å². The summed E-state index contributed by atoms with van der Waals surface area (Å²) in [6.07, 6.45) is 4.07. The Morgan fingerprint density at radius 3 is 2.52 bits per heavy atom. The predicted molar refractivity (Wildman–Crippen MR) is 112 cm³/mol. The number of oxazole rings is 1. The molecule has 1 aromatic carbocycles. The van der Waals surface area contributed by atoms with Gasteiger partial charge in [0.15, 0.2) is 12.1 Å². The van der Waals surface area contributed by atoms with Crippen LogP contribution in [0.1, 0.15) is 43.7 Å². The lowest BCUT2D eigenvalue weighted by Crippen LogP contribution is -2.25. The number of hydrogen-bond donors (Lipinski definition) is 1. The number of aryl methyl sites for hydroxylation is 2. The number of aromatic nitrogens is 3. The molecule has 1 N–H and O–H groups in total. The molecule has 0 aliphatic heterocycles. The SMILES string of the molecule is CCCOc1nc(OC2CCC2)nc2oc(-c3cc(C)c(OCC(=O)O)c(C)c3)nc12. The van der Waals surface area contributed by atoms with Crippen molar-refractivity contribution in [3.8, 4) is 29.1 Å². The first-order valence-corrected chi connectivity index (χ1v) is 10.4. The zero-order chi connectivity index (χ0) is 22.0. The molecule has 4 rings (SSSR count). The van der Waals surface area contributed by atoms with Gasteiger partial charge in [-0.2, -0.15) is 9.97 Å². The predicted octanol–water partition coefficient (Wildman–Crippen LogP) is 4.09. The molecule has 164 valence electrons. The largest absolute Gasteiger partial charge is 0.481 e. The lowest BCUT2D eigenvalue weighted by atomic mass is 9.96. The highest BCUT2D eigenvalue weighted by Crippen LogP contribution is 2.34. The van der Waals surface area contributed by atoms with Gasteiger partial charge in [-0.15, -0.1) is 0 Å². The van der Waals surface area contributed by atoms with Crippen LogP contribution < -0.4 is 14.2 Å².